The Kier molecular flexibility index (Phi) is 4.11. The van der Waals surface area contributed by atoms with Crippen LogP contribution in [0.4, 0.5) is 5.82 Å². The highest BCUT2D eigenvalue weighted by molar-refractivity contribution is 5.94. The number of hydrogen-bond donors (Lipinski definition) is 2. The van der Waals surface area contributed by atoms with Gasteiger partial charge in [0.1, 0.15) is 11.4 Å². The van der Waals surface area contributed by atoms with E-state index in [0.29, 0.717) is 24.1 Å². The second-order valence-corrected chi connectivity index (χ2v) is 4.43. The van der Waals surface area contributed by atoms with Gasteiger partial charge in [0.15, 0.2) is 0 Å². The maximum atomic E-state index is 11.1. The van der Waals surface area contributed by atoms with Crippen molar-refractivity contribution in [1.29, 1.82) is 0 Å². The van der Waals surface area contributed by atoms with Crippen molar-refractivity contribution in [1.82, 2.24) is 14.7 Å². The van der Waals surface area contributed by atoms with Crippen LogP contribution in [0.5, 0.6) is 0 Å². The van der Waals surface area contributed by atoms with Crippen molar-refractivity contribution in [2.24, 2.45) is 7.05 Å². The van der Waals surface area contributed by atoms with Gasteiger partial charge in [-0.05, 0) is 27.9 Å². The SMILES string of the molecule is Cc1nn(C)c(NCC(C)N(C)C)c1C(=O)O. The first kappa shape index (κ1) is 13.5. The van der Waals surface area contributed by atoms with E-state index in [4.69, 9.17) is 5.11 Å². The monoisotopic (exact) mass is 240 g/mol. The molecule has 1 atom stereocenters. The van der Waals surface area contributed by atoms with Gasteiger partial charge in [0.25, 0.3) is 0 Å². The molecule has 0 spiro atoms. The maximum absolute atomic E-state index is 11.1. The third-order valence-electron chi connectivity index (χ3n) is 2.88. The topological polar surface area (TPSA) is 70.4 Å². The van der Waals surface area contributed by atoms with E-state index in [9.17, 15) is 4.79 Å². The number of anilines is 1. The summed E-state index contributed by atoms with van der Waals surface area (Å²) in [5.41, 5.74) is 0.776. The lowest BCUT2D eigenvalue weighted by Gasteiger charge is -2.20. The van der Waals surface area contributed by atoms with E-state index >= 15 is 0 Å². The smallest absolute Gasteiger partial charge is 0.341 e. The fourth-order valence-electron chi connectivity index (χ4n) is 1.54. The summed E-state index contributed by atoms with van der Waals surface area (Å²) < 4.78 is 1.57. The first-order chi connectivity index (χ1) is 7.84. The van der Waals surface area contributed by atoms with E-state index in [1.807, 2.05) is 14.1 Å². The zero-order valence-corrected chi connectivity index (χ0v) is 11.0. The van der Waals surface area contributed by atoms with Crippen molar-refractivity contribution >= 4 is 11.8 Å². The molecule has 0 fully saturated rings. The van der Waals surface area contributed by atoms with Crippen molar-refractivity contribution in [3.8, 4) is 0 Å². The summed E-state index contributed by atoms with van der Waals surface area (Å²) in [6, 6.07) is 0.312. The number of nitrogens with zero attached hydrogens (tertiary/aromatic N) is 3. The third kappa shape index (κ3) is 2.97. The summed E-state index contributed by atoms with van der Waals surface area (Å²) in [5.74, 6) is -0.390. The van der Waals surface area contributed by atoms with Gasteiger partial charge in [-0.15, -0.1) is 0 Å². The summed E-state index contributed by atoms with van der Waals surface area (Å²) in [4.78, 5) is 13.2. The van der Waals surface area contributed by atoms with Crippen LogP contribution in [0.15, 0.2) is 0 Å². The minimum Gasteiger partial charge on any atom is -0.477 e. The van der Waals surface area contributed by atoms with E-state index < -0.39 is 5.97 Å². The quantitative estimate of drug-likeness (QED) is 0.796. The molecule has 6 heteroatoms. The second kappa shape index (κ2) is 5.18. The number of hydrogen-bond acceptors (Lipinski definition) is 4. The van der Waals surface area contributed by atoms with Crippen molar-refractivity contribution in [2.45, 2.75) is 19.9 Å². The number of aromatic nitrogens is 2. The summed E-state index contributed by atoms with van der Waals surface area (Å²) in [6.45, 7) is 4.44. The van der Waals surface area contributed by atoms with E-state index in [1.165, 1.54) is 0 Å². The Hall–Kier alpha value is -1.56. The third-order valence-corrected chi connectivity index (χ3v) is 2.88. The van der Waals surface area contributed by atoms with Crippen LogP contribution >= 0.6 is 0 Å². The molecule has 0 aliphatic heterocycles. The molecular formula is C11H20N4O2. The van der Waals surface area contributed by atoms with E-state index in [-0.39, 0.29) is 5.56 Å². The molecule has 96 valence electrons. The molecule has 6 nitrogen and oxygen atoms in total. The molecule has 0 amide bonds. The predicted octanol–water partition coefficient (Wildman–Crippen LogP) is 0.789. The standard InChI is InChI=1S/C11H20N4O2/c1-7(14(3)4)6-12-10-9(11(16)17)8(2)13-15(10)5/h7,12H,6H2,1-5H3,(H,16,17). The van der Waals surface area contributed by atoms with Gasteiger partial charge >= 0.3 is 5.97 Å². The van der Waals surface area contributed by atoms with Crippen molar-refractivity contribution in [3.63, 3.8) is 0 Å². The van der Waals surface area contributed by atoms with Crippen LogP contribution in [0, 0.1) is 6.92 Å². The summed E-state index contributed by atoms with van der Waals surface area (Å²) in [7, 11) is 5.71. The number of aryl methyl sites for hydroxylation is 2. The molecule has 1 unspecified atom stereocenters. The van der Waals surface area contributed by atoms with Crippen LogP contribution in [0.1, 0.15) is 23.0 Å². The van der Waals surface area contributed by atoms with Crippen LogP contribution in [0.25, 0.3) is 0 Å². The first-order valence-corrected chi connectivity index (χ1v) is 5.51. The number of carboxylic acids is 1. The van der Waals surface area contributed by atoms with Gasteiger partial charge in [0.05, 0.1) is 5.69 Å². The Morgan fingerprint density at radius 2 is 2.18 bits per heavy atom. The number of aromatic carboxylic acids is 1. The summed E-state index contributed by atoms with van der Waals surface area (Å²) in [6.07, 6.45) is 0. The molecule has 0 aliphatic rings. The van der Waals surface area contributed by atoms with Gasteiger partial charge in [-0.1, -0.05) is 0 Å². The van der Waals surface area contributed by atoms with Crippen molar-refractivity contribution < 1.29 is 9.90 Å². The number of rotatable bonds is 5. The average molecular weight is 240 g/mol. The maximum Gasteiger partial charge on any atom is 0.341 e. The van der Waals surface area contributed by atoms with Gasteiger partial charge in [0, 0.05) is 19.6 Å². The van der Waals surface area contributed by atoms with E-state index in [0.717, 1.165) is 0 Å². The van der Waals surface area contributed by atoms with Crippen molar-refractivity contribution in [2.75, 3.05) is 26.0 Å². The molecular weight excluding hydrogens is 220 g/mol. The molecule has 17 heavy (non-hydrogen) atoms. The molecule has 0 bridgehead atoms. The molecule has 0 aliphatic carbocycles. The summed E-state index contributed by atoms with van der Waals surface area (Å²) in [5, 5.41) is 16.4. The minimum absolute atomic E-state index is 0.249. The van der Waals surface area contributed by atoms with Crippen LogP contribution in [-0.4, -0.2) is 52.4 Å². The predicted molar refractivity (Wildman–Crippen MR) is 66.5 cm³/mol. The second-order valence-electron chi connectivity index (χ2n) is 4.43. The molecule has 1 rings (SSSR count). The van der Waals surface area contributed by atoms with E-state index in [2.05, 4.69) is 22.2 Å². The average Bonchev–Trinajstić information content (AvgIpc) is 2.49. The Labute approximate surface area is 101 Å². The molecule has 1 heterocycles. The van der Waals surface area contributed by atoms with Crippen LogP contribution in [-0.2, 0) is 7.05 Å². The first-order valence-electron chi connectivity index (χ1n) is 5.51. The summed E-state index contributed by atoms with van der Waals surface area (Å²) >= 11 is 0. The van der Waals surface area contributed by atoms with Gasteiger partial charge in [-0.3, -0.25) is 4.68 Å². The highest BCUT2D eigenvalue weighted by atomic mass is 16.4. The Bertz CT molecular complexity index is 412. The zero-order valence-electron chi connectivity index (χ0n) is 11.0. The molecule has 0 aromatic carbocycles. The van der Waals surface area contributed by atoms with Gasteiger partial charge < -0.3 is 15.3 Å². The largest absolute Gasteiger partial charge is 0.477 e. The molecule has 1 aromatic rings. The minimum atomic E-state index is -0.949. The lowest BCUT2D eigenvalue weighted by atomic mass is 10.2. The Morgan fingerprint density at radius 3 is 2.65 bits per heavy atom. The molecule has 0 saturated heterocycles. The number of nitrogens with one attached hydrogen (secondary N) is 1. The highest BCUT2D eigenvalue weighted by Gasteiger charge is 2.19. The zero-order chi connectivity index (χ0) is 13.2. The lowest BCUT2D eigenvalue weighted by molar-refractivity contribution is 0.0697. The fraction of sp³-hybridized carbons (Fsp3) is 0.636. The number of likely N-dealkylation sites (N-methyl/N-ethyl adjacent to an activating group) is 1. The fourth-order valence-corrected chi connectivity index (χ4v) is 1.54. The van der Waals surface area contributed by atoms with Crippen LogP contribution < -0.4 is 5.32 Å². The Balaban J connectivity index is 2.87. The normalized spacial score (nSPS) is 12.8. The van der Waals surface area contributed by atoms with Crippen molar-refractivity contribution in [3.05, 3.63) is 11.3 Å². The highest BCUT2D eigenvalue weighted by Crippen LogP contribution is 2.18. The number of carboxylic acid groups (broad SMARTS) is 1. The van der Waals surface area contributed by atoms with E-state index in [1.54, 1.807) is 18.7 Å². The van der Waals surface area contributed by atoms with Gasteiger partial charge in [-0.2, -0.15) is 5.10 Å². The molecule has 1 aromatic heterocycles. The number of carbonyl (C=O) groups is 1. The molecule has 2 N–H and O–H groups in total. The van der Waals surface area contributed by atoms with Crippen LogP contribution in [0.2, 0.25) is 0 Å². The lowest BCUT2D eigenvalue weighted by Crippen LogP contribution is -2.32. The molecule has 0 saturated carbocycles. The Morgan fingerprint density at radius 1 is 1.59 bits per heavy atom. The van der Waals surface area contributed by atoms with Crippen LogP contribution in [0.3, 0.4) is 0 Å². The van der Waals surface area contributed by atoms with Gasteiger partial charge in [0.2, 0.25) is 0 Å². The van der Waals surface area contributed by atoms with Gasteiger partial charge in [-0.25, -0.2) is 4.79 Å². The molecule has 0 radical (unpaired) electrons.